The molecule has 0 aromatic heterocycles. The Morgan fingerprint density at radius 2 is 1.88 bits per heavy atom. The number of benzene rings is 1. The molecule has 1 aromatic rings. The van der Waals surface area contributed by atoms with Crippen molar-refractivity contribution >= 4 is 35.1 Å². The van der Waals surface area contributed by atoms with Gasteiger partial charge in [-0.15, -0.1) is 23.5 Å². The van der Waals surface area contributed by atoms with E-state index in [-0.39, 0.29) is 11.8 Å². The van der Waals surface area contributed by atoms with E-state index in [0.717, 1.165) is 29.8 Å². The lowest BCUT2D eigenvalue weighted by molar-refractivity contribution is -0.122. The minimum atomic E-state index is 0.146. The van der Waals surface area contributed by atoms with E-state index in [2.05, 4.69) is 28.8 Å². The maximum Gasteiger partial charge on any atom is 0.227 e. The van der Waals surface area contributed by atoms with Crippen LogP contribution in [0.4, 0.5) is 5.69 Å². The Morgan fingerprint density at radius 1 is 1.20 bits per heavy atom. The number of carbonyl (C=O) groups is 1. The molecule has 2 atom stereocenters. The molecule has 136 valence electrons. The van der Waals surface area contributed by atoms with Crippen LogP contribution in [0.5, 0.6) is 5.75 Å². The quantitative estimate of drug-likeness (QED) is 0.809. The third-order valence-electron chi connectivity index (χ3n) is 6.10. The predicted molar refractivity (Wildman–Crippen MR) is 108 cm³/mol. The lowest BCUT2D eigenvalue weighted by Gasteiger charge is -2.52. The fraction of sp³-hybridized carbons (Fsp3) is 0.650. The number of methoxy groups -OCH3 is 1. The van der Waals surface area contributed by atoms with Gasteiger partial charge in [0.15, 0.2) is 0 Å². The molecule has 3 aliphatic rings. The molecular formula is C20H27NO2S2. The van der Waals surface area contributed by atoms with Crippen molar-refractivity contribution in [2.75, 3.05) is 23.9 Å². The fourth-order valence-corrected chi connectivity index (χ4v) is 8.91. The Balaban J connectivity index is 1.50. The van der Waals surface area contributed by atoms with Gasteiger partial charge in [0.25, 0.3) is 0 Å². The zero-order valence-electron chi connectivity index (χ0n) is 15.0. The summed E-state index contributed by atoms with van der Waals surface area (Å²) in [6, 6.07) is 5.95. The normalized spacial score (nSPS) is 30.2. The van der Waals surface area contributed by atoms with Gasteiger partial charge in [-0.25, -0.2) is 0 Å². The molecule has 3 fully saturated rings. The number of amides is 1. The molecule has 1 saturated heterocycles. The van der Waals surface area contributed by atoms with Gasteiger partial charge in [-0.05, 0) is 62.1 Å². The summed E-state index contributed by atoms with van der Waals surface area (Å²) < 4.78 is 5.84. The average Bonchev–Trinajstić information content (AvgIpc) is 3.04. The molecule has 1 aliphatic heterocycles. The minimum Gasteiger partial charge on any atom is -0.495 e. The molecule has 1 N–H and O–H groups in total. The van der Waals surface area contributed by atoms with Gasteiger partial charge < -0.3 is 10.1 Å². The van der Waals surface area contributed by atoms with E-state index >= 15 is 0 Å². The number of rotatable bonds is 3. The molecule has 0 unspecified atom stereocenters. The van der Waals surface area contributed by atoms with Gasteiger partial charge in [0.2, 0.25) is 5.91 Å². The van der Waals surface area contributed by atoms with E-state index in [1.165, 1.54) is 30.8 Å². The standard InChI is InChI=1S/C20H27NO2S2/c1-13-6-7-18(23-2)17(10-13)21-19(22)14-11-15-4-3-5-16(12-14)20(15)24-8-9-25-20/h6-7,10,14-16H,3-5,8-9,11-12H2,1-2H3,(H,21,22)/t15-,16-/m1/s1. The zero-order valence-corrected chi connectivity index (χ0v) is 16.7. The SMILES string of the molecule is COc1ccc(C)cc1NC(=O)C1C[C@H]2CCC[C@H](C1)C21SCCS1. The predicted octanol–water partition coefficient (Wildman–Crippen LogP) is 4.94. The van der Waals surface area contributed by atoms with Crippen LogP contribution in [0, 0.1) is 24.7 Å². The van der Waals surface area contributed by atoms with Gasteiger partial charge in [-0.3, -0.25) is 4.79 Å². The summed E-state index contributed by atoms with van der Waals surface area (Å²) in [5, 5.41) is 3.16. The monoisotopic (exact) mass is 377 g/mol. The van der Waals surface area contributed by atoms with Crippen molar-refractivity contribution < 1.29 is 9.53 Å². The lowest BCUT2D eigenvalue weighted by atomic mass is 9.67. The van der Waals surface area contributed by atoms with Crippen molar-refractivity contribution in [3.63, 3.8) is 0 Å². The number of carbonyl (C=O) groups excluding carboxylic acids is 1. The Labute approximate surface area is 159 Å². The molecule has 5 heteroatoms. The third-order valence-corrected chi connectivity index (χ3v) is 10.1. The van der Waals surface area contributed by atoms with Crippen LogP contribution in [-0.2, 0) is 4.79 Å². The van der Waals surface area contributed by atoms with Crippen LogP contribution in [-0.4, -0.2) is 28.6 Å². The highest BCUT2D eigenvalue weighted by molar-refractivity contribution is 8.21. The van der Waals surface area contributed by atoms with Crippen LogP contribution in [0.3, 0.4) is 0 Å². The molecule has 3 nitrogen and oxygen atoms in total. The van der Waals surface area contributed by atoms with Gasteiger partial charge in [-0.1, -0.05) is 12.5 Å². The molecule has 2 bridgehead atoms. The second kappa shape index (κ2) is 7.07. The molecule has 4 rings (SSSR count). The maximum absolute atomic E-state index is 13.0. The Hall–Kier alpha value is -0.810. The Bertz CT molecular complexity index is 641. The fourth-order valence-electron chi connectivity index (χ4n) is 4.98. The third kappa shape index (κ3) is 3.18. The second-order valence-corrected chi connectivity index (χ2v) is 10.6. The van der Waals surface area contributed by atoms with Gasteiger partial charge in [0.05, 0.1) is 16.9 Å². The average molecular weight is 378 g/mol. The highest BCUT2D eigenvalue weighted by Gasteiger charge is 2.55. The van der Waals surface area contributed by atoms with Crippen molar-refractivity contribution in [2.24, 2.45) is 17.8 Å². The van der Waals surface area contributed by atoms with Gasteiger partial charge >= 0.3 is 0 Å². The number of thioether (sulfide) groups is 2. The molecular weight excluding hydrogens is 350 g/mol. The van der Waals surface area contributed by atoms with Crippen molar-refractivity contribution in [3.05, 3.63) is 23.8 Å². The number of nitrogens with one attached hydrogen (secondary N) is 1. The summed E-state index contributed by atoms with van der Waals surface area (Å²) in [4.78, 5) is 13.0. The van der Waals surface area contributed by atoms with Gasteiger partial charge in [0, 0.05) is 17.4 Å². The second-order valence-electron chi connectivity index (χ2n) is 7.60. The van der Waals surface area contributed by atoms with E-state index in [1.807, 2.05) is 25.1 Å². The number of ether oxygens (including phenoxy) is 1. The lowest BCUT2D eigenvalue weighted by Crippen LogP contribution is -2.48. The summed E-state index contributed by atoms with van der Waals surface area (Å²) >= 11 is 4.39. The number of hydrogen-bond donors (Lipinski definition) is 1. The minimum absolute atomic E-state index is 0.146. The first kappa shape index (κ1) is 17.6. The first-order valence-corrected chi connectivity index (χ1v) is 11.3. The van der Waals surface area contributed by atoms with Crippen LogP contribution in [0.25, 0.3) is 0 Å². The topological polar surface area (TPSA) is 38.3 Å². The summed E-state index contributed by atoms with van der Waals surface area (Å²) in [6.45, 7) is 2.04. The van der Waals surface area contributed by atoms with E-state index < -0.39 is 0 Å². The molecule has 1 amide bonds. The molecule has 1 aromatic carbocycles. The van der Waals surface area contributed by atoms with E-state index in [0.29, 0.717) is 15.9 Å². The first-order valence-electron chi connectivity index (χ1n) is 9.36. The molecule has 25 heavy (non-hydrogen) atoms. The summed E-state index contributed by atoms with van der Waals surface area (Å²) in [5.74, 6) is 5.05. The molecule has 1 spiro atoms. The van der Waals surface area contributed by atoms with E-state index in [1.54, 1.807) is 7.11 Å². The summed E-state index contributed by atoms with van der Waals surface area (Å²) in [5.41, 5.74) is 1.94. The van der Waals surface area contributed by atoms with E-state index in [4.69, 9.17) is 4.74 Å². The van der Waals surface area contributed by atoms with Crippen molar-refractivity contribution in [3.8, 4) is 5.75 Å². The van der Waals surface area contributed by atoms with Crippen LogP contribution >= 0.6 is 23.5 Å². The van der Waals surface area contributed by atoms with Crippen molar-refractivity contribution in [2.45, 2.75) is 43.1 Å². The number of hydrogen-bond acceptors (Lipinski definition) is 4. The van der Waals surface area contributed by atoms with Gasteiger partial charge in [0.1, 0.15) is 5.75 Å². The van der Waals surface area contributed by atoms with Crippen LogP contribution in [0.15, 0.2) is 18.2 Å². The molecule has 2 aliphatic carbocycles. The first-order chi connectivity index (χ1) is 12.1. The Kier molecular flexibility index (Phi) is 4.98. The highest BCUT2D eigenvalue weighted by atomic mass is 32.2. The highest BCUT2D eigenvalue weighted by Crippen LogP contribution is 2.64. The van der Waals surface area contributed by atoms with Crippen molar-refractivity contribution in [1.82, 2.24) is 0 Å². The van der Waals surface area contributed by atoms with Gasteiger partial charge in [-0.2, -0.15) is 0 Å². The van der Waals surface area contributed by atoms with Crippen LogP contribution in [0.2, 0.25) is 0 Å². The summed E-state index contributed by atoms with van der Waals surface area (Å²) in [7, 11) is 1.66. The zero-order chi connectivity index (χ0) is 17.4. The number of anilines is 1. The smallest absolute Gasteiger partial charge is 0.227 e. The largest absolute Gasteiger partial charge is 0.495 e. The van der Waals surface area contributed by atoms with Crippen LogP contribution in [0.1, 0.15) is 37.7 Å². The Morgan fingerprint density at radius 3 is 2.52 bits per heavy atom. The van der Waals surface area contributed by atoms with Crippen molar-refractivity contribution in [1.29, 1.82) is 0 Å². The summed E-state index contributed by atoms with van der Waals surface area (Å²) in [6.07, 6.45) is 6.05. The number of aryl methyl sites for hydroxylation is 1. The van der Waals surface area contributed by atoms with E-state index in [9.17, 15) is 4.79 Å². The maximum atomic E-state index is 13.0. The molecule has 1 heterocycles. The molecule has 2 saturated carbocycles. The van der Waals surface area contributed by atoms with Crippen LogP contribution < -0.4 is 10.1 Å². The molecule has 0 radical (unpaired) electrons.